The maximum absolute atomic E-state index is 14.1. The average molecular weight is 629 g/mol. The van der Waals surface area contributed by atoms with Gasteiger partial charge >= 0.3 is 0 Å². The lowest BCUT2D eigenvalue weighted by molar-refractivity contribution is -0.189. The zero-order chi connectivity index (χ0) is 30.4. The molecule has 5 aromatic rings. The molecule has 0 spiro atoms. The van der Waals surface area contributed by atoms with E-state index >= 15 is 0 Å². The predicted molar refractivity (Wildman–Crippen MR) is 170 cm³/mol. The van der Waals surface area contributed by atoms with Crippen LogP contribution in [-0.2, 0) is 34.9 Å². The Hall–Kier alpha value is -4.14. The van der Waals surface area contributed by atoms with Crippen LogP contribution in [0.4, 0.5) is 0 Å². The summed E-state index contributed by atoms with van der Waals surface area (Å²) in [6.45, 7) is 1.67. The molecule has 2 heterocycles. The van der Waals surface area contributed by atoms with E-state index in [0.717, 1.165) is 11.1 Å². The van der Waals surface area contributed by atoms with Gasteiger partial charge in [-0.2, -0.15) is 0 Å². The molecule has 1 aliphatic rings. The molecule has 224 valence electrons. The first-order valence-electron chi connectivity index (χ1n) is 14.3. The smallest absolute Gasteiger partial charge is 0.258 e. The molecule has 0 bridgehead atoms. The number of hydrogen-bond acceptors (Lipinski definition) is 5. The Morgan fingerprint density at radius 2 is 1.61 bits per heavy atom. The number of carbonyl (C=O) groups excluding carboxylic acids is 1. The maximum Gasteiger partial charge on any atom is 0.258 e. The highest BCUT2D eigenvalue weighted by atomic mass is 35.5. The van der Waals surface area contributed by atoms with Crippen molar-refractivity contribution >= 4 is 29.1 Å². The molecule has 1 aromatic heterocycles. The normalized spacial score (nSPS) is 17.8. The highest BCUT2D eigenvalue weighted by Crippen LogP contribution is 2.40. The van der Waals surface area contributed by atoms with Crippen molar-refractivity contribution in [1.82, 2.24) is 14.5 Å². The van der Waals surface area contributed by atoms with Crippen molar-refractivity contribution in [1.29, 1.82) is 0 Å². The standard InChI is InChI=1S/C35H31Cl2N3O4/c36-28-15-16-31(32(37)19-28)35(24-39-18-17-38-25-39)43-23-29(44-35)22-42-33-14-8-7-13-30(33)34(41)40(20-26-9-3-1-4-10-26)21-27-11-5-2-6-12-27/h1-19,25,29H,20-24H2. The van der Waals surface area contributed by atoms with E-state index in [1.165, 1.54) is 0 Å². The Bertz CT molecular complexity index is 1640. The van der Waals surface area contributed by atoms with E-state index in [-0.39, 0.29) is 19.1 Å². The molecule has 1 saturated heterocycles. The van der Waals surface area contributed by atoms with Gasteiger partial charge < -0.3 is 23.7 Å². The Morgan fingerprint density at radius 3 is 2.27 bits per heavy atom. The molecule has 0 saturated carbocycles. The van der Waals surface area contributed by atoms with Crippen LogP contribution in [0.3, 0.4) is 0 Å². The van der Waals surface area contributed by atoms with Gasteiger partial charge in [0.05, 0.1) is 30.1 Å². The summed E-state index contributed by atoms with van der Waals surface area (Å²) < 4.78 is 21.0. The minimum Gasteiger partial charge on any atom is -0.490 e. The molecular weight excluding hydrogens is 597 g/mol. The number of aromatic nitrogens is 2. The Labute approximate surface area is 266 Å². The third-order valence-electron chi connectivity index (χ3n) is 7.41. The van der Waals surface area contributed by atoms with E-state index in [1.807, 2.05) is 94.5 Å². The van der Waals surface area contributed by atoms with Crippen LogP contribution >= 0.6 is 23.2 Å². The number of hydrogen-bond donors (Lipinski definition) is 0. The highest BCUT2D eigenvalue weighted by Gasteiger charge is 2.45. The quantitative estimate of drug-likeness (QED) is 0.153. The lowest BCUT2D eigenvalue weighted by atomic mass is 10.1. The number of rotatable bonds is 11. The number of carbonyl (C=O) groups is 1. The van der Waals surface area contributed by atoms with Gasteiger partial charge in [0.15, 0.2) is 0 Å². The Kier molecular flexibility index (Phi) is 9.28. The highest BCUT2D eigenvalue weighted by molar-refractivity contribution is 6.35. The van der Waals surface area contributed by atoms with E-state index in [2.05, 4.69) is 4.98 Å². The van der Waals surface area contributed by atoms with Crippen molar-refractivity contribution in [2.24, 2.45) is 0 Å². The molecule has 1 aliphatic heterocycles. The van der Waals surface area contributed by atoms with Crippen LogP contribution in [0.5, 0.6) is 5.75 Å². The molecule has 9 heteroatoms. The van der Waals surface area contributed by atoms with E-state index in [4.69, 9.17) is 37.4 Å². The zero-order valence-electron chi connectivity index (χ0n) is 23.9. The Balaban J connectivity index is 1.21. The molecule has 1 fully saturated rings. The molecule has 2 atom stereocenters. The number of ether oxygens (including phenoxy) is 3. The molecule has 1 amide bonds. The van der Waals surface area contributed by atoms with Crippen molar-refractivity contribution in [3.63, 3.8) is 0 Å². The second-order valence-electron chi connectivity index (χ2n) is 10.6. The second kappa shape index (κ2) is 13.7. The fourth-order valence-electron chi connectivity index (χ4n) is 5.30. The molecule has 0 N–H and O–H groups in total. The molecule has 7 nitrogen and oxygen atoms in total. The summed E-state index contributed by atoms with van der Waals surface area (Å²) in [5, 5.41) is 0.955. The topological polar surface area (TPSA) is 65.8 Å². The maximum atomic E-state index is 14.1. The van der Waals surface area contributed by atoms with Gasteiger partial charge in [-0.15, -0.1) is 0 Å². The van der Waals surface area contributed by atoms with Crippen LogP contribution in [0.15, 0.2) is 122 Å². The molecular formula is C35H31Cl2N3O4. The number of halogens is 2. The summed E-state index contributed by atoms with van der Waals surface area (Å²) in [5.74, 6) is -0.823. The first kappa shape index (κ1) is 29.9. The van der Waals surface area contributed by atoms with Gasteiger partial charge in [0.25, 0.3) is 5.91 Å². The third kappa shape index (κ3) is 6.98. The van der Waals surface area contributed by atoms with Gasteiger partial charge in [-0.25, -0.2) is 4.98 Å². The molecule has 2 unspecified atom stereocenters. The number of nitrogens with zero attached hydrogens (tertiary/aromatic N) is 3. The number of imidazole rings is 1. The monoisotopic (exact) mass is 627 g/mol. The lowest BCUT2D eigenvalue weighted by Crippen LogP contribution is -2.34. The molecule has 44 heavy (non-hydrogen) atoms. The lowest BCUT2D eigenvalue weighted by Gasteiger charge is -2.30. The van der Waals surface area contributed by atoms with Gasteiger partial charge in [0, 0.05) is 36.1 Å². The van der Waals surface area contributed by atoms with Crippen LogP contribution in [0.2, 0.25) is 10.0 Å². The number of amides is 1. The van der Waals surface area contributed by atoms with Crippen LogP contribution in [0, 0.1) is 0 Å². The average Bonchev–Trinajstić information content (AvgIpc) is 3.71. The first-order valence-corrected chi connectivity index (χ1v) is 15.1. The summed E-state index contributed by atoms with van der Waals surface area (Å²) in [6.07, 6.45) is 4.79. The van der Waals surface area contributed by atoms with E-state index < -0.39 is 11.9 Å². The SMILES string of the molecule is O=C(c1ccccc1OCC1COC(Cn2ccnc2)(c2ccc(Cl)cc2Cl)O1)N(Cc1ccccc1)Cc1ccccc1. The fraction of sp³-hybridized carbons (Fsp3) is 0.200. The Morgan fingerprint density at radius 1 is 0.932 bits per heavy atom. The van der Waals surface area contributed by atoms with E-state index in [9.17, 15) is 4.79 Å². The molecule has 4 aromatic carbocycles. The van der Waals surface area contributed by atoms with Crippen LogP contribution < -0.4 is 4.74 Å². The van der Waals surface area contributed by atoms with Gasteiger partial charge in [-0.05, 0) is 35.4 Å². The zero-order valence-corrected chi connectivity index (χ0v) is 25.4. The molecule has 0 radical (unpaired) electrons. The summed E-state index contributed by atoms with van der Waals surface area (Å²) in [7, 11) is 0. The van der Waals surface area contributed by atoms with Crippen LogP contribution in [0.25, 0.3) is 0 Å². The van der Waals surface area contributed by atoms with Crippen molar-refractivity contribution < 1.29 is 19.0 Å². The summed E-state index contributed by atoms with van der Waals surface area (Å²) in [5.41, 5.74) is 3.22. The van der Waals surface area contributed by atoms with Crippen molar-refractivity contribution in [3.8, 4) is 5.75 Å². The van der Waals surface area contributed by atoms with Crippen molar-refractivity contribution in [2.45, 2.75) is 31.5 Å². The van der Waals surface area contributed by atoms with E-state index in [0.29, 0.717) is 46.6 Å². The van der Waals surface area contributed by atoms with Gasteiger partial charge in [-0.3, -0.25) is 4.79 Å². The van der Waals surface area contributed by atoms with E-state index in [1.54, 1.807) is 36.8 Å². The second-order valence-corrected chi connectivity index (χ2v) is 11.4. The minimum atomic E-state index is -1.17. The summed E-state index contributed by atoms with van der Waals surface area (Å²) in [6, 6.07) is 32.5. The van der Waals surface area contributed by atoms with Crippen LogP contribution in [-0.4, -0.2) is 39.7 Å². The molecule has 0 aliphatic carbocycles. The summed E-state index contributed by atoms with van der Waals surface area (Å²) in [4.78, 5) is 20.0. The largest absolute Gasteiger partial charge is 0.490 e. The van der Waals surface area contributed by atoms with Gasteiger partial charge in [0.2, 0.25) is 5.79 Å². The van der Waals surface area contributed by atoms with Crippen molar-refractivity contribution in [3.05, 3.63) is 154 Å². The minimum absolute atomic E-state index is 0.126. The number of para-hydroxylation sites is 1. The van der Waals surface area contributed by atoms with Gasteiger partial charge in [-0.1, -0.05) is 102 Å². The fourth-order valence-corrected chi connectivity index (χ4v) is 5.86. The predicted octanol–water partition coefficient (Wildman–Crippen LogP) is 7.38. The van der Waals surface area contributed by atoms with Crippen LogP contribution in [0.1, 0.15) is 27.0 Å². The summed E-state index contributed by atoms with van der Waals surface area (Å²) >= 11 is 12.8. The molecule has 6 rings (SSSR count). The van der Waals surface area contributed by atoms with Crippen molar-refractivity contribution in [2.75, 3.05) is 13.2 Å². The van der Waals surface area contributed by atoms with Gasteiger partial charge in [0.1, 0.15) is 18.5 Å². The first-order chi connectivity index (χ1) is 21.5. The number of benzene rings is 4. The third-order valence-corrected chi connectivity index (χ3v) is 7.96.